The topological polar surface area (TPSA) is 35.8 Å². The summed E-state index contributed by atoms with van der Waals surface area (Å²) in [4.78, 5) is 0. The van der Waals surface area contributed by atoms with Gasteiger partial charge in [0.15, 0.2) is 0 Å². The van der Waals surface area contributed by atoms with Gasteiger partial charge in [0.2, 0.25) is 0 Å². The van der Waals surface area contributed by atoms with Crippen molar-refractivity contribution in [3.8, 4) is 6.07 Å². The molecular formula is C13H8FIN2. The van der Waals surface area contributed by atoms with E-state index in [1.807, 2.05) is 6.07 Å². The molecule has 0 saturated carbocycles. The van der Waals surface area contributed by atoms with Crippen LogP contribution in [0.1, 0.15) is 5.56 Å². The van der Waals surface area contributed by atoms with E-state index in [1.165, 1.54) is 12.1 Å². The molecule has 0 aliphatic carbocycles. The van der Waals surface area contributed by atoms with Gasteiger partial charge in [0, 0.05) is 9.26 Å². The molecule has 0 bridgehead atoms. The van der Waals surface area contributed by atoms with Crippen LogP contribution in [-0.2, 0) is 0 Å². The molecule has 0 saturated heterocycles. The van der Waals surface area contributed by atoms with E-state index in [-0.39, 0.29) is 5.82 Å². The number of hydrogen-bond donors (Lipinski definition) is 1. The maximum Gasteiger partial charge on any atom is 0.124 e. The van der Waals surface area contributed by atoms with Gasteiger partial charge in [0.1, 0.15) is 5.82 Å². The molecule has 0 aromatic heterocycles. The minimum absolute atomic E-state index is 0.259. The first kappa shape index (κ1) is 11.9. The Kier molecular flexibility index (Phi) is 3.59. The average molecular weight is 338 g/mol. The molecule has 0 fully saturated rings. The van der Waals surface area contributed by atoms with Gasteiger partial charge < -0.3 is 5.32 Å². The molecule has 1 N–H and O–H groups in total. The number of benzene rings is 2. The smallest absolute Gasteiger partial charge is 0.124 e. The van der Waals surface area contributed by atoms with Gasteiger partial charge in [-0.05, 0) is 59.0 Å². The molecule has 0 spiro atoms. The van der Waals surface area contributed by atoms with Crippen LogP contribution < -0.4 is 5.32 Å². The van der Waals surface area contributed by atoms with Crippen LogP contribution in [0.5, 0.6) is 0 Å². The van der Waals surface area contributed by atoms with Crippen LogP contribution in [-0.4, -0.2) is 0 Å². The monoisotopic (exact) mass is 338 g/mol. The van der Waals surface area contributed by atoms with E-state index in [0.717, 1.165) is 14.9 Å². The summed E-state index contributed by atoms with van der Waals surface area (Å²) >= 11 is 2.06. The Balaban J connectivity index is 2.28. The molecule has 17 heavy (non-hydrogen) atoms. The number of nitriles is 1. The number of rotatable bonds is 2. The molecule has 84 valence electrons. The summed E-state index contributed by atoms with van der Waals surface area (Å²) in [6.07, 6.45) is 0. The van der Waals surface area contributed by atoms with Crippen molar-refractivity contribution in [2.24, 2.45) is 0 Å². The summed E-state index contributed by atoms with van der Waals surface area (Å²) in [5, 5.41) is 11.9. The summed E-state index contributed by atoms with van der Waals surface area (Å²) in [6.45, 7) is 0. The molecule has 2 nitrogen and oxygen atoms in total. The first-order chi connectivity index (χ1) is 8.19. The fraction of sp³-hybridized carbons (Fsp3) is 0. The second kappa shape index (κ2) is 5.15. The maximum atomic E-state index is 12.9. The highest BCUT2D eigenvalue weighted by molar-refractivity contribution is 14.1. The minimum atomic E-state index is -0.259. The lowest BCUT2D eigenvalue weighted by atomic mass is 10.2. The Bertz CT molecular complexity index is 590. The molecule has 0 heterocycles. The zero-order chi connectivity index (χ0) is 12.3. The Hall–Kier alpha value is -1.61. The number of halogens is 2. The van der Waals surface area contributed by atoms with E-state index in [9.17, 15) is 4.39 Å². The first-order valence-electron chi connectivity index (χ1n) is 4.91. The van der Waals surface area contributed by atoms with E-state index in [0.29, 0.717) is 5.56 Å². The summed E-state index contributed by atoms with van der Waals surface area (Å²) < 4.78 is 13.7. The van der Waals surface area contributed by atoms with Gasteiger partial charge in [-0.2, -0.15) is 5.26 Å². The van der Waals surface area contributed by atoms with Crippen molar-refractivity contribution >= 4 is 34.0 Å². The normalized spacial score (nSPS) is 9.71. The second-order valence-corrected chi connectivity index (χ2v) is 4.60. The molecular weight excluding hydrogens is 330 g/mol. The zero-order valence-corrected chi connectivity index (χ0v) is 10.9. The van der Waals surface area contributed by atoms with Crippen molar-refractivity contribution < 1.29 is 4.39 Å². The molecule has 0 radical (unpaired) electrons. The molecule has 2 rings (SSSR count). The van der Waals surface area contributed by atoms with E-state index >= 15 is 0 Å². The van der Waals surface area contributed by atoms with E-state index in [2.05, 4.69) is 34.0 Å². The Morgan fingerprint density at radius 2 is 2.00 bits per heavy atom. The molecule has 0 unspecified atom stereocenters. The van der Waals surface area contributed by atoms with Crippen molar-refractivity contribution in [3.63, 3.8) is 0 Å². The average Bonchev–Trinajstić information content (AvgIpc) is 2.33. The van der Waals surface area contributed by atoms with Crippen LogP contribution in [0.2, 0.25) is 0 Å². The number of hydrogen-bond acceptors (Lipinski definition) is 2. The van der Waals surface area contributed by atoms with Crippen molar-refractivity contribution in [2.75, 3.05) is 5.32 Å². The summed E-state index contributed by atoms with van der Waals surface area (Å²) in [5.41, 5.74) is 2.22. The number of nitrogens with one attached hydrogen (secondary N) is 1. The molecule has 4 heteroatoms. The number of anilines is 2. The van der Waals surface area contributed by atoms with Gasteiger partial charge in [-0.3, -0.25) is 0 Å². The van der Waals surface area contributed by atoms with Gasteiger partial charge in [0.25, 0.3) is 0 Å². The third-order valence-electron chi connectivity index (χ3n) is 2.20. The standard InChI is InChI=1S/C13H8FIN2/c14-10-4-5-13(12(15)7-10)17-11-3-1-2-9(6-11)8-16/h1-7,17H. The highest BCUT2D eigenvalue weighted by atomic mass is 127. The van der Waals surface area contributed by atoms with Crippen LogP contribution in [0.4, 0.5) is 15.8 Å². The second-order valence-electron chi connectivity index (χ2n) is 3.44. The molecule has 0 atom stereocenters. The SMILES string of the molecule is N#Cc1cccc(Nc2ccc(F)cc2I)c1. The van der Waals surface area contributed by atoms with Crippen LogP contribution in [0, 0.1) is 20.7 Å². The lowest BCUT2D eigenvalue weighted by Crippen LogP contribution is -1.94. The van der Waals surface area contributed by atoms with Crippen molar-refractivity contribution in [3.05, 3.63) is 57.4 Å². The van der Waals surface area contributed by atoms with Crippen LogP contribution in [0.3, 0.4) is 0 Å². The van der Waals surface area contributed by atoms with Gasteiger partial charge in [-0.25, -0.2) is 4.39 Å². The van der Waals surface area contributed by atoms with Gasteiger partial charge in [-0.1, -0.05) is 6.07 Å². The summed E-state index contributed by atoms with van der Waals surface area (Å²) in [7, 11) is 0. The van der Waals surface area contributed by atoms with Crippen molar-refractivity contribution in [1.82, 2.24) is 0 Å². The minimum Gasteiger partial charge on any atom is -0.355 e. The van der Waals surface area contributed by atoms with E-state index in [1.54, 1.807) is 24.3 Å². The molecule has 0 amide bonds. The van der Waals surface area contributed by atoms with E-state index < -0.39 is 0 Å². The Labute approximate surface area is 112 Å². The zero-order valence-electron chi connectivity index (χ0n) is 8.74. The van der Waals surface area contributed by atoms with Crippen LogP contribution in [0.25, 0.3) is 0 Å². The van der Waals surface area contributed by atoms with Crippen molar-refractivity contribution in [2.45, 2.75) is 0 Å². The lowest BCUT2D eigenvalue weighted by molar-refractivity contribution is 0.627. The molecule has 0 aliphatic rings. The number of nitrogens with zero attached hydrogens (tertiary/aromatic N) is 1. The van der Waals surface area contributed by atoms with E-state index in [4.69, 9.17) is 5.26 Å². The van der Waals surface area contributed by atoms with Gasteiger partial charge in [0.05, 0.1) is 17.3 Å². The largest absolute Gasteiger partial charge is 0.355 e. The third-order valence-corrected chi connectivity index (χ3v) is 3.09. The Morgan fingerprint density at radius 1 is 1.18 bits per heavy atom. The predicted octanol–water partition coefficient (Wildman–Crippen LogP) is 4.05. The third kappa shape index (κ3) is 2.94. The predicted molar refractivity (Wildman–Crippen MR) is 73.6 cm³/mol. The Morgan fingerprint density at radius 3 is 2.71 bits per heavy atom. The first-order valence-corrected chi connectivity index (χ1v) is 5.99. The van der Waals surface area contributed by atoms with Crippen molar-refractivity contribution in [1.29, 1.82) is 5.26 Å². The summed E-state index contributed by atoms with van der Waals surface area (Å²) in [6, 6.07) is 13.8. The molecule has 0 aliphatic heterocycles. The van der Waals surface area contributed by atoms with Gasteiger partial charge in [-0.15, -0.1) is 0 Å². The fourth-order valence-corrected chi connectivity index (χ4v) is 2.02. The van der Waals surface area contributed by atoms with Crippen LogP contribution >= 0.6 is 22.6 Å². The highest BCUT2D eigenvalue weighted by Gasteiger charge is 2.02. The molecule has 2 aromatic rings. The van der Waals surface area contributed by atoms with Gasteiger partial charge >= 0.3 is 0 Å². The molecule has 2 aromatic carbocycles. The van der Waals surface area contributed by atoms with Crippen LogP contribution in [0.15, 0.2) is 42.5 Å². The fourth-order valence-electron chi connectivity index (χ4n) is 1.41. The highest BCUT2D eigenvalue weighted by Crippen LogP contribution is 2.23. The maximum absolute atomic E-state index is 12.9. The quantitative estimate of drug-likeness (QED) is 0.839. The summed E-state index contributed by atoms with van der Waals surface area (Å²) in [5.74, 6) is -0.259. The lowest BCUT2D eigenvalue weighted by Gasteiger charge is -2.08.